The number of rotatable bonds is 7. The third kappa shape index (κ3) is 3.90. The lowest BCUT2D eigenvalue weighted by Crippen LogP contribution is -2.32. The number of carbonyl (C=O) groups is 1. The van der Waals surface area contributed by atoms with Gasteiger partial charge in [-0.15, -0.1) is 0 Å². The lowest BCUT2D eigenvalue weighted by molar-refractivity contribution is -0.138. The molecule has 3 N–H and O–H groups in total. The quantitative estimate of drug-likeness (QED) is 0.670. The number of ether oxygens (including phenoxy) is 1. The van der Waals surface area contributed by atoms with E-state index in [1.54, 1.807) is 6.07 Å². The molecule has 16 heavy (non-hydrogen) atoms. The average molecular weight is 228 g/mol. The van der Waals surface area contributed by atoms with E-state index in [-0.39, 0.29) is 6.42 Å². The summed E-state index contributed by atoms with van der Waals surface area (Å²) >= 11 is 0. The van der Waals surface area contributed by atoms with E-state index in [1.807, 2.05) is 0 Å². The zero-order valence-electron chi connectivity index (χ0n) is 9.18. The maximum absolute atomic E-state index is 10.5. The van der Waals surface area contributed by atoms with Crippen LogP contribution in [0.1, 0.15) is 25.5 Å². The molecule has 0 saturated carbocycles. The Hall–Kier alpha value is -1.56. The highest BCUT2D eigenvalue weighted by Crippen LogP contribution is 2.13. The second-order valence-electron chi connectivity index (χ2n) is 3.48. The molecule has 1 aromatic heterocycles. The Morgan fingerprint density at radius 2 is 2.50 bits per heavy atom. The van der Waals surface area contributed by atoms with Gasteiger partial charge in [0.05, 0.1) is 6.61 Å². The molecule has 0 fully saturated rings. The summed E-state index contributed by atoms with van der Waals surface area (Å²) in [6, 6.07) is 0.592. The third-order valence-electron chi connectivity index (χ3n) is 2.02. The third-order valence-corrected chi connectivity index (χ3v) is 2.02. The Morgan fingerprint density at radius 1 is 1.75 bits per heavy atom. The summed E-state index contributed by atoms with van der Waals surface area (Å²) in [6.07, 6.45) is 2.09. The molecule has 0 aliphatic carbocycles. The summed E-state index contributed by atoms with van der Waals surface area (Å²) in [4.78, 5) is 10.5. The molecule has 90 valence electrons. The second kappa shape index (κ2) is 6.12. The number of nitrogens with two attached hydrogens (primary N) is 1. The minimum Gasteiger partial charge on any atom is -0.480 e. The van der Waals surface area contributed by atoms with Crippen LogP contribution in [0.25, 0.3) is 0 Å². The van der Waals surface area contributed by atoms with E-state index in [4.69, 9.17) is 20.1 Å². The van der Waals surface area contributed by atoms with Gasteiger partial charge in [-0.25, -0.2) is 0 Å². The van der Waals surface area contributed by atoms with Crippen LogP contribution in [0.5, 0.6) is 5.88 Å². The van der Waals surface area contributed by atoms with Crippen molar-refractivity contribution in [1.82, 2.24) is 5.16 Å². The number of nitrogens with zero attached hydrogens (tertiary/aromatic N) is 1. The molecule has 0 saturated heterocycles. The summed E-state index contributed by atoms with van der Waals surface area (Å²) in [6.45, 7) is 2.64. The van der Waals surface area contributed by atoms with Gasteiger partial charge in [0.25, 0.3) is 5.88 Å². The lowest BCUT2D eigenvalue weighted by Gasteiger charge is -2.01. The van der Waals surface area contributed by atoms with Crippen molar-refractivity contribution in [3.05, 3.63) is 11.8 Å². The molecule has 0 bridgehead atoms. The highest BCUT2D eigenvalue weighted by Gasteiger charge is 2.15. The minimum absolute atomic E-state index is 0.111. The molecule has 0 aliphatic heterocycles. The number of aromatic nitrogens is 1. The number of hydrogen-bond donors (Lipinski definition) is 2. The molecule has 0 unspecified atom stereocenters. The van der Waals surface area contributed by atoms with Gasteiger partial charge in [-0.2, -0.15) is 0 Å². The van der Waals surface area contributed by atoms with Crippen molar-refractivity contribution in [3.63, 3.8) is 0 Å². The number of carboxylic acid groups (broad SMARTS) is 1. The van der Waals surface area contributed by atoms with E-state index in [0.717, 1.165) is 12.8 Å². The first-order valence-corrected chi connectivity index (χ1v) is 5.20. The highest BCUT2D eigenvalue weighted by atomic mass is 16.5. The van der Waals surface area contributed by atoms with Crippen LogP contribution in [0.2, 0.25) is 0 Å². The van der Waals surface area contributed by atoms with E-state index in [2.05, 4.69) is 12.1 Å². The van der Waals surface area contributed by atoms with Crippen molar-refractivity contribution < 1.29 is 19.2 Å². The fraction of sp³-hybridized carbons (Fsp3) is 0.600. The summed E-state index contributed by atoms with van der Waals surface area (Å²) in [5, 5.41) is 12.3. The smallest absolute Gasteiger partial charge is 0.320 e. The SMILES string of the molecule is CCCCOc1cc(C[C@H](N)C(=O)O)on1. The predicted octanol–water partition coefficient (Wildman–Crippen LogP) is 0.808. The molecule has 0 aromatic carbocycles. The first-order chi connectivity index (χ1) is 7.63. The molecule has 6 nitrogen and oxygen atoms in total. The fourth-order valence-corrected chi connectivity index (χ4v) is 1.08. The summed E-state index contributed by atoms with van der Waals surface area (Å²) < 4.78 is 10.2. The maximum Gasteiger partial charge on any atom is 0.320 e. The predicted molar refractivity (Wildman–Crippen MR) is 56.2 cm³/mol. The van der Waals surface area contributed by atoms with Gasteiger partial charge in [-0.3, -0.25) is 4.79 Å². The number of hydrogen-bond acceptors (Lipinski definition) is 5. The first kappa shape index (κ1) is 12.5. The Kier molecular flexibility index (Phi) is 4.78. The zero-order chi connectivity index (χ0) is 12.0. The van der Waals surface area contributed by atoms with Gasteiger partial charge >= 0.3 is 5.97 Å². The summed E-state index contributed by atoms with van der Waals surface area (Å²) in [5.41, 5.74) is 5.35. The summed E-state index contributed by atoms with van der Waals surface area (Å²) in [5.74, 6) is -0.271. The van der Waals surface area contributed by atoms with Gasteiger partial charge in [-0.05, 0) is 11.6 Å². The second-order valence-corrected chi connectivity index (χ2v) is 3.48. The van der Waals surface area contributed by atoms with Crippen molar-refractivity contribution in [2.24, 2.45) is 5.73 Å². The van der Waals surface area contributed by atoms with Crippen LogP contribution < -0.4 is 10.5 Å². The van der Waals surface area contributed by atoms with Crippen LogP contribution in [-0.4, -0.2) is 28.9 Å². The molecule has 0 spiro atoms. The van der Waals surface area contributed by atoms with Gasteiger partial charge in [-0.1, -0.05) is 13.3 Å². The fourth-order valence-electron chi connectivity index (χ4n) is 1.08. The molecule has 1 rings (SSSR count). The Balaban J connectivity index is 2.42. The largest absolute Gasteiger partial charge is 0.480 e. The number of unbranched alkanes of at least 4 members (excludes halogenated alkanes) is 1. The van der Waals surface area contributed by atoms with Crippen LogP contribution in [0.15, 0.2) is 10.6 Å². The molecular weight excluding hydrogens is 212 g/mol. The minimum atomic E-state index is -1.06. The van der Waals surface area contributed by atoms with E-state index in [0.29, 0.717) is 18.2 Å². The summed E-state index contributed by atoms with van der Waals surface area (Å²) in [7, 11) is 0. The molecule has 1 heterocycles. The van der Waals surface area contributed by atoms with Gasteiger partial charge < -0.3 is 20.1 Å². The first-order valence-electron chi connectivity index (χ1n) is 5.20. The van der Waals surface area contributed by atoms with Crippen molar-refractivity contribution in [3.8, 4) is 5.88 Å². The molecule has 6 heteroatoms. The van der Waals surface area contributed by atoms with Crippen LogP contribution in [0.3, 0.4) is 0 Å². The van der Waals surface area contributed by atoms with Crippen molar-refractivity contribution in [2.45, 2.75) is 32.2 Å². The molecular formula is C10H16N2O4. The van der Waals surface area contributed by atoms with Crippen LogP contribution in [-0.2, 0) is 11.2 Å². The van der Waals surface area contributed by atoms with Crippen molar-refractivity contribution in [1.29, 1.82) is 0 Å². The Bertz CT molecular complexity index is 337. The molecule has 1 atom stereocenters. The topological polar surface area (TPSA) is 98.6 Å². The standard InChI is InChI=1S/C10H16N2O4/c1-2-3-4-15-9-6-7(16-12-9)5-8(11)10(13)14/h6,8H,2-5,11H2,1H3,(H,13,14)/t8-/m0/s1. The molecule has 0 radical (unpaired) electrons. The lowest BCUT2D eigenvalue weighted by atomic mass is 10.2. The van der Waals surface area contributed by atoms with Crippen molar-refractivity contribution in [2.75, 3.05) is 6.61 Å². The van der Waals surface area contributed by atoms with Crippen molar-refractivity contribution >= 4 is 5.97 Å². The van der Waals surface area contributed by atoms with E-state index < -0.39 is 12.0 Å². The molecule has 1 aromatic rings. The number of aliphatic carboxylic acids is 1. The monoisotopic (exact) mass is 228 g/mol. The Labute approximate surface area is 93.4 Å². The van der Waals surface area contributed by atoms with Crippen LogP contribution in [0, 0.1) is 0 Å². The highest BCUT2D eigenvalue weighted by molar-refractivity contribution is 5.73. The normalized spacial score (nSPS) is 12.4. The Morgan fingerprint density at radius 3 is 3.12 bits per heavy atom. The van der Waals surface area contributed by atoms with Gasteiger partial charge in [0, 0.05) is 12.5 Å². The average Bonchev–Trinajstić information content (AvgIpc) is 2.66. The zero-order valence-corrected chi connectivity index (χ0v) is 9.18. The number of carboxylic acids is 1. The molecule has 0 aliphatic rings. The van der Waals surface area contributed by atoms with E-state index >= 15 is 0 Å². The van der Waals surface area contributed by atoms with Crippen LogP contribution >= 0.6 is 0 Å². The van der Waals surface area contributed by atoms with Gasteiger partial charge in [0.2, 0.25) is 0 Å². The van der Waals surface area contributed by atoms with Gasteiger partial charge in [0.15, 0.2) is 0 Å². The van der Waals surface area contributed by atoms with Crippen LogP contribution in [0.4, 0.5) is 0 Å². The molecule has 0 amide bonds. The van der Waals surface area contributed by atoms with E-state index in [1.165, 1.54) is 0 Å². The maximum atomic E-state index is 10.5. The van der Waals surface area contributed by atoms with Gasteiger partial charge in [0.1, 0.15) is 11.8 Å². The van der Waals surface area contributed by atoms with E-state index in [9.17, 15) is 4.79 Å².